The van der Waals surface area contributed by atoms with Gasteiger partial charge in [0.25, 0.3) is 10.0 Å². The van der Waals surface area contributed by atoms with Crippen LogP contribution in [0.3, 0.4) is 0 Å². The summed E-state index contributed by atoms with van der Waals surface area (Å²) in [5.41, 5.74) is 3.07. The van der Waals surface area contributed by atoms with E-state index in [9.17, 15) is 18.3 Å². The van der Waals surface area contributed by atoms with Gasteiger partial charge in [0.1, 0.15) is 0 Å². The highest BCUT2D eigenvalue weighted by Gasteiger charge is 2.16. The molecule has 2 N–H and O–H groups in total. The van der Waals surface area contributed by atoms with Crippen LogP contribution in [0.4, 0.5) is 5.69 Å². The van der Waals surface area contributed by atoms with Gasteiger partial charge in [-0.3, -0.25) is 4.72 Å². The van der Waals surface area contributed by atoms with E-state index >= 15 is 0 Å². The number of hydrogen-bond donors (Lipinski definition) is 2. The van der Waals surface area contributed by atoms with E-state index in [-0.39, 0.29) is 10.5 Å². The highest BCUT2D eigenvalue weighted by molar-refractivity contribution is 7.92. The van der Waals surface area contributed by atoms with Crippen LogP contribution in [0.1, 0.15) is 15.9 Å². The Kier molecular flexibility index (Phi) is 4.97. The molecule has 4 aromatic rings. The van der Waals surface area contributed by atoms with Crippen LogP contribution >= 0.6 is 0 Å². The van der Waals surface area contributed by atoms with E-state index in [1.807, 2.05) is 6.92 Å². The molecule has 0 fully saturated rings. The first kappa shape index (κ1) is 19.6. The second kappa shape index (κ2) is 7.61. The van der Waals surface area contributed by atoms with Crippen molar-refractivity contribution in [2.24, 2.45) is 0 Å². The zero-order valence-electron chi connectivity index (χ0n) is 16.0. The minimum absolute atomic E-state index is 0.140. The smallest absolute Gasteiger partial charge is 0.336 e. The van der Waals surface area contributed by atoms with E-state index in [4.69, 9.17) is 0 Å². The number of rotatable bonds is 5. The highest BCUT2D eigenvalue weighted by Crippen LogP contribution is 2.27. The fraction of sp³-hybridized carbons (Fsp3) is 0.0435. The number of sulfonamides is 1. The number of benzene rings is 3. The molecule has 0 saturated carbocycles. The first-order valence-electron chi connectivity index (χ1n) is 9.16. The summed E-state index contributed by atoms with van der Waals surface area (Å²) in [5.74, 6) is -1.05. The van der Waals surface area contributed by atoms with E-state index in [0.29, 0.717) is 27.8 Å². The molecule has 0 bridgehead atoms. The van der Waals surface area contributed by atoms with E-state index in [1.54, 1.807) is 72.8 Å². The van der Waals surface area contributed by atoms with Crippen LogP contribution in [-0.2, 0) is 10.0 Å². The molecule has 0 spiro atoms. The number of aromatic carboxylic acids is 1. The number of aryl methyl sites for hydroxylation is 1. The maximum atomic E-state index is 12.7. The van der Waals surface area contributed by atoms with E-state index in [0.717, 1.165) is 5.56 Å². The Morgan fingerprint density at radius 1 is 0.933 bits per heavy atom. The number of anilines is 1. The summed E-state index contributed by atoms with van der Waals surface area (Å²) in [7, 11) is -3.75. The molecule has 1 heterocycles. The predicted octanol–water partition coefficient (Wildman–Crippen LogP) is 4.71. The molecule has 7 heteroatoms. The standard InChI is InChI=1S/C23H18N2O4S/c1-15-9-11-18(12-10-15)30(28,29)25-17-6-4-5-16(13-17)22-14-20(23(26)27)19-7-2-3-8-21(19)24-22/h2-14,25H,1H3,(H,26,27). The molecule has 0 amide bonds. The molecular weight excluding hydrogens is 400 g/mol. The van der Waals surface area contributed by atoms with Crippen molar-refractivity contribution in [2.75, 3.05) is 4.72 Å². The zero-order valence-corrected chi connectivity index (χ0v) is 16.8. The third-order valence-electron chi connectivity index (χ3n) is 4.69. The van der Waals surface area contributed by atoms with Crippen molar-refractivity contribution in [1.82, 2.24) is 4.98 Å². The Balaban J connectivity index is 1.74. The molecular formula is C23H18N2O4S. The Labute approximate surface area is 173 Å². The van der Waals surface area contributed by atoms with Crippen LogP contribution in [-0.4, -0.2) is 24.5 Å². The van der Waals surface area contributed by atoms with Gasteiger partial charge in [-0.15, -0.1) is 0 Å². The summed E-state index contributed by atoms with van der Waals surface area (Å²) in [6.45, 7) is 1.88. The molecule has 0 radical (unpaired) electrons. The van der Waals surface area contributed by atoms with Gasteiger partial charge < -0.3 is 5.11 Å². The summed E-state index contributed by atoms with van der Waals surface area (Å²) >= 11 is 0. The number of pyridine rings is 1. The van der Waals surface area contributed by atoms with Gasteiger partial charge in [-0.25, -0.2) is 18.2 Å². The molecule has 0 aliphatic carbocycles. The van der Waals surface area contributed by atoms with Gasteiger partial charge in [-0.2, -0.15) is 0 Å². The van der Waals surface area contributed by atoms with Crippen LogP contribution in [0.25, 0.3) is 22.2 Å². The highest BCUT2D eigenvalue weighted by atomic mass is 32.2. The summed E-state index contributed by atoms with van der Waals surface area (Å²) in [6.07, 6.45) is 0. The topological polar surface area (TPSA) is 96.4 Å². The van der Waals surface area contributed by atoms with E-state index < -0.39 is 16.0 Å². The second-order valence-corrected chi connectivity index (χ2v) is 8.56. The fourth-order valence-corrected chi connectivity index (χ4v) is 4.22. The first-order valence-corrected chi connectivity index (χ1v) is 10.6. The lowest BCUT2D eigenvalue weighted by molar-refractivity contribution is 0.0699. The lowest BCUT2D eigenvalue weighted by Crippen LogP contribution is -2.12. The van der Waals surface area contributed by atoms with Crippen molar-refractivity contribution in [3.05, 3.63) is 90.0 Å². The van der Waals surface area contributed by atoms with Gasteiger partial charge in [0.2, 0.25) is 0 Å². The Hall–Kier alpha value is -3.71. The number of carboxylic acid groups (broad SMARTS) is 1. The maximum absolute atomic E-state index is 12.7. The van der Waals surface area contributed by atoms with Gasteiger partial charge in [0.05, 0.1) is 21.7 Å². The zero-order chi connectivity index (χ0) is 21.3. The van der Waals surface area contributed by atoms with Gasteiger partial charge in [-0.05, 0) is 43.3 Å². The van der Waals surface area contributed by atoms with E-state index in [1.165, 1.54) is 6.07 Å². The fourth-order valence-electron chi connectivity index (χ4n) is 3.17. The lowest BCUT2D eigenvalue weighted by atomic mass is 10.0. The number of para-hydroxylation sites is 1. The van der Waals surface area contributed by atoms with Crippen molar-refractivity contribution < 1.29 is 18.3 Å². The number of nitrogens with one attached hydrogen (secondary N) is 1. The predicted molar refractivity (Wildman–Crippen MR) is 116 cm³/mol. The maximum Gasteiger partial charge on any atom is 0.336 e. The number of carbonyl (C=O) groups is 1. The lowest BCUT2D eigenvalue weighted by Gasteiger charge is -2.11. The monoisotopic (exact) mass is 418 g/mol. The number of carboxylic acids is 1. The van der Waals surface area contributed by atoms with Crippen LogP contribution in [0.5, 0.6) is 0 Å². The number of fused-ring (bicyclic) bond motifs is 1. The van der Waals surface area contributed by atoms with Gasteiger partial charge in [0.15, 0.2) is 0 Å². The molecule has 30 heavy (non-hydrogen) atoms. The Morgan fingerprint density at radius 3 is 2.40 bits per heavy atom. The van der Waals surface area contributed by atoms with Crippen LogP contribution < -0.4 is 4.72 Å². The van der Waals surface area contributed by atoms with Crippen LogP contribution in [0.2, 0.25) is 0 Å². The van der Waals surface area contributed by atoms with Crippen molar-refractivity contribution in [1.29, 1.82) is 0 Å². The normalized spacial score (nSPS) is 11.4. The molecule has 0 aliphatic heterocycles. The van der Waals surface area contributed by atoms with Crippen molar-refractivity contribution >= 4 is 32.6 Å². The van der Waals surface area contributed by atoms with Crippen LogP contribution in [0, 0.1) is 6.92 Å². The van der Waals surface area contributed by atoms with Crippen molar-refractivity contribution in [2.45, 2.75) is 11.8 Å². The largest absolute Gasteiger partial charge is 0.478 e. The van der Waals surface area contributed by atoms with Gasteiger partial charge >= 0.3 is 5.97 Å². The van der Waals surface area contributed by atoms with Crippen molar-refractivity contribution in [3.63, 3.8) is 0 Å². The third-order valence-corrected chi connectivity index (χ3v) is 6.09. The minimum Gasteiger partial charge on any atom is -0.478 e. The molecule has 0 aliphatic rings. The first-order chi connectivity index (χ1) is 14.3. The Morgan fingerprint density at radius 2 is 1.67 bits per heavy atom. The van der Waals surface area contributed by atoms with Gasteiger partial charge in [0, 0.05) is 16.6 Å². The average Bonchev–Trinajstić information content (AvgIpc) is 2.73. The molecule has 0 unspecified atom stereocenters. The summed E-state index contributed by atoms with van der Waals surface area (Å²) < 4.78 is 27.9. The van der Waals surface area contributed by atoms with E-state index in [2.05, 4.69) is 9.71 Å². The molecule has 0 atom stereocenters. The summed E-state index contributed by atoms with van der Waals surface area (Å²) in [4.78, 5) is 16.4. The average molecular weight is 418 g/mol. The quantitative estimate of drug-likeness (QED) is 0.489. The second-order valence-electron chi connectivity index (χ2n) is 6.88. The molecule has 6 nitrogen and oxygen atoms in total. The number of aromatic nitrogens is 1. The van der Waals surface area contributed by atoms with Crippen molar-refractivity contribution in [3.8, 4) is 11.3 Å². The Bertz CT molecular complexity index is 1360. The summed E-state index contributed by atoms with van der Waals surface area (Å²) in [5, 5.41) is 10.1. The van der Waals surface area contributed by atoms with Crippen LogP contribution in [0.15, 0.2) is 83.8 Å². The number of nitrogens with zero attached hydrogens (tertiary/aromatic N) is 1. The summed E-state index contributed by atoms with van der Waals surface area (Å²) in [6, 6.07) is 21.8. The van der Waals surface area contributed by atoms with Gasteiger partial charge in [-0.1, -0.05) is 48.0 Å². The minimum atomic E-state index is -3.75. The third kappa shape index (κ3) is 3.88. The SMILES string of the molecule is Cc1ccc(S(=O)(=O)Nc2cccc(-c3cc(C(=O)O)c4ccccc4n3)c2)cc1. The molecule has 4 rings (SSSR count). The number of hydrogen-bond acceptors (Lipinski definition) is 4. The molecule has 3 aromatic carbocycles. The molecule has 150 valence electrons. The molecule has 1 aromatic heterocycles. The molecule has 0 saturated heterocycles.